The topological polar surface area (TPSA) is 65.6 Å². The zero-order valence-corrected chi connectivity index (χ0v) is 16.4. The Hall–Kier alpha value is -2.50. The van der Waals surface area contributed by atoms with Crippen molar-refractivity contribution in [2.45, 2.75) is 50.5 Å². The number of carbonyl (C=O) groups excluding carboxylic acids is 2. The van der Waals surface area contributed by atoms with E-state index in [4.69, 9.17) is 4.74 Å². The molecule has 3 heterocycles. The van der Waals surface area contributed by atoms with Crippen LogP contribution in [0, 0.1) is 0 Å². The smallest absolute Gasteiger partial charge is 0.410 e. The van der Waals surface area contributed by atoms with Crippen molar-refractivity contribution in [3.63, 3.8) is 0 Å². The second kappa shape index (κ2) is 6.54. The first kappa shape index (κ1) is 17.6. The fraction of sp³-hybridized carbons (Fsp3) is 0.545. The van der Waals surface area contributed by atoms with Gasteiger partial charge >= 0.3 is 6.09 Å². The van der Waals surface area contributed by atoms with Crippen LogP contribution in [0.4, 0.5) is 4.79 Å². The van der Waals surface area contributed by atoms with Gasteiger partial charge in [-0.2, -0.15) is 0 Å². The number of amides is 2. The van der Waals surface area contributed by atoms with E-state index >= 15 is 0 Å². The van der Waals surface area contributed by atoms with Crippen LogP contribution in [0.15, 0.2) is 24.3 Å². The highest BCUT2D eigenvalue weighted by Gasteiger charge is 2.47. The zero-order valence-electron chi connectivity index (χ0n) is 16.4. The maximum atomic E-state index is 13.4. The van der Waals surface area contributed by atoms with Crippen molar-refractivity contribution in [3.8, 4) is 0 Å². The molecular weight excluding hydrogens is 354 g/mol. The number of likely N-dealkylation sites (N-methyl/N-ethyl adjacent to an activating group) is 1. The molecule has 148 valence electrons. The Morgan fingerprint density at radius 1 is 1.29 bits per heavy atom. The first-order valence-corrected chi connectivity index (χ1v) is 10.5. The number of rotatable bonds is 2. The Balaban J connectivity index is 1.33. The maximum absolute atomic E-state index is 13.4. The number of ether oxygens (including phenoxy) is 1. The van der Waals surface area contributed by atoms with E-state index in [1.807, 2.05) is 17.9 Å². The van der Waals surface area contributed by atoms with Gasteiger partial charge in [-0.25, -0.2) is 4.79 Å². The summed E-state index contributed by atoms with van der Waals surface area (Å²) in [5, 5.41) is 1.25. The van der Waals surface area contributed by atoms with Gasteiger partial charge in [0, 0.05) is 49.1 Å². The highest BCUT2D eigenvalue weighted by Crippen LogP contribution is 2.39. The van der Waals surface area contributed by atoms with Crippen molar-refractivity contribution < 1.29 is 14.3 Å². The minimum Gasteiger partial charge on any atom is -0.441 e. The summed E-state index contributed by atoms with van der Waals surface area (Å²) in [6.07, 6.45) is 4.23. The molecule has 0 bridgehead atoms. The number of hydrogen-bond donors (Lipinski definition) is 1. The molecule has 6 heteroatoms. The van der Waals surface area contributed by atoms with Crippen LogP contribution in [0.5, 0.6) is 0 Å². The minimum absolute atomic E-state index is 0.0801. The molecule has 2 amide bonds. The Labute approximate surface area is 164 Å². The van der Waals surface area contributed by atoms with Gasteiger partial charge < -0.3 is 19.5 Å². The molecule has 0 unspecified atom stereocenters. The van der Waals surface area contributed by atoms with Gasteiger partial charge in [0.05, 0.1) is 12.5 Å². The average Bonchev–Trinajstić information content (AvgIpc) is 3.25. The number of hydrogen-bond acceptors (Lipinski definition) is 3. The summed E-state index contributed by atoms with van der Waals surface area (Å²) in [4.78, 5) is 32.6. The molecule has 2 saturated heterocycles. The number of H-pyrrole nitrogens is 1. The van der Waals surface area contributed by atoms with E-state index in [0.29, 0.717) is 26.2 Å². The number of fused-ring (bicyclic) bond motifs is 3. The summed E-state index contributed by atoms with van der Waals surface area (Å²) in [6.45, 7) is 4.62. The van der Waals surface area contributed by atoms with E-state index < -0.39 is 5.60 Å². The van der Waals surface area contributed by atoms with E-state index in [9.17, 15) is 9.59 Å². The standard InChI is InChI=1S/C22H27N3O3/c1-2-24-14-22(28-21(24)27)10-12-25(13-11-22)20(26)17-8-5-7-16-15-6-3-4-9-18(15)23-19(16)17/h3-4,6,9,17,23H,2,5,7-8,10-14H2,1H3/t17-/m1/s1. The quantitative estimate of drug-likeness (QED) is 0.867. The van der Waals surface area contributed by atoms with E-state index in [2.05, 4.69) is 23.2 Å². The Morgan fingerprint density at radius 3 is 2.82 bits per heavy atom. The summed E-state index contributed by atoms with van der Waals surface area (Å²) < 4.78 is 5.71. The lowest BCUT2D eigenvalue weighted by molar-refractivity contribution is -0.136. The van der Waals surface area contributed by atoms with Crippen molar-refractivity contribution in [2.24, 2.45) is 0 Å². The molecular formula is C22H27N3O3. The normalized spacial score (nSPS) is 23.9. The number of piperidine rings is 1. The van der Waals surface area contributed by atoms with Crippen LogP contribution in [0.1, 0.15) is 49.8 Å². The number of aromatic nitrogens is 1. The van der Waals surface area contributed by atoms with Crippen molar-refractivity contribution >= 4 is 22.9 Å². The van der Waals surface area contributed by atoms with Gasteiger partial charge in [0.2, 0.25) is 5.91 Å². The molecule has 5 rings (SSSR count). The Kier molecular flexibility index (Phi) is 4.11. The number of likely N-dealkylation sites (tertiary alicyclic amines) is 1. The van der Waals surface area contributed by atoms with Crippen molar-refractivity contribution in [1.82, 2.24) is 14.8 Å². The van der Waals surface area contributed by atoms with Gasteiger partial charge in [0.25, 0.3) is 0 Å². The van der Waals surface area contributed by atoms with Crippen LogP contribution in [0.25, 0.3) is 10.9 Å². The highest BCUT2D eigenvalue weighted by atomic mass is 16.6. The van der Waals surface area contributed by atoms with E-state index in [1.54, 1.807) is 4.90 Å². The molecule has 3 aliphatic rings. The van der Waals surface area contributed by atoms with Gasteiger partial charge in [0.1, 0.15) is 5.60 Å². The summed E-state index contributed by atoms with van der Waals surface area (Å²) >= 11 is 0. The molecule has 2 fully saturated rings. The van der Waals surface area contributed by atoms with Crippen LogP contribution in [0.3, 0.4) is 0 Å². The van der Waals surface area contributed by atoms with Crippen LogP contribution in [-0.2, 0) is 16.0 Å². The summed E-state index contributed by atoms with van der Waals surface area (Å²) in [7, 11) is 0. The van der Waals surface area contributed by atoms with Crippen molar-refractivity contribution in [2.75, 3.05) is 26.2 Å². The SMILES string of the molecule is CCN1CC2(CCN(C(=O)[C@@H]3CCCc4c3[nH]c3ccccc43)CC2)OC1=O. The summed E-state index contributed by atoms with van der Waals surface area (Å²) in [5.41, 5.74) is 3.16. The van der Waals surface area contributed by atoms with E-state index in [-0.39, 0.29) is 17.9 Å². The second-order valence-corrected chi connectivity index (χ2v) is 8.40. The maximum Gasteiger partial charge on any atom is 0.410 e. The highest BCUT2D eigenvalue weighted by molar-refractivity contribution is 5.90. The molecule has 28 heavy (non-hydrogen) atoms. The summed E-state index contributed by atoms with van der Waals surface area (Å²) in [6, 6.07) is 8.34. The second-order valence-electron chi connectivity index (χ2n) is 8.40. The monoisotopic (exact) mass is 381 g/mol. The van der Waals surface area contributed by atoms with Crippen molar-refractivity contribution in [1.29, 1.82) is 0 Å². The third-order valence-corrected chi connectivity index (χ3v) is 6.82. The van der Waals surface area contributed by atoms with E-state index in [1.165, 1.54) is 10.9 Å². The number of aryl methyl sites for hydroxylation is 1. The lowest BCUT2D eigenvalue weighted by Gasteiger charge is -2.39. The molecule has 6 nitrogen and oxygen atoms in total. The number of benzene rings is 1. The Morgan fingerprint density at radius 2 is 2.07 bits per heavy atom. The van der Waals surface area contributed by atoms with Crippen LogP contribution < -0.4 is 0 Å². The van der Waals surface area contributed by atoms with Gasteiger partial charge in [-0.05, 0) is 37.8 Å². The average molecular weight is 381 g/mol. The molecule has 0 saturated carbocycles. The van der Waals surface area contributed by atoms with Gasteiger partial charge in [-0.3, -0.25) is 4.79 Å². The molecule has 2 aliphatic heterocycles. The molecule has 1 aromatic heterocycles. The van der Waals surface area contributed by atoms with Gasteiger partial charge in [0.15, 0.2) is 0 Å². The molecule has 1 atom stereocenters. The number of para-hydroxylation sites is 1. The van der Waals surface area contributed by atoms with Gasteiger partial charge in [-0.15, -0.1) is 0 Å². The van der Waals surface area contributed by atoms with Gasteiger partial charge in [-0.1, -0.05) is 18.2 Å². The number of aromatic amines is 1. The first-order valence-electron chi connectivity index (χ1n) is 10.5. The predicted molar refractivity (Wildman–Crippen MR) is 106 cm³/mol. The van der Waals surface area contributed by atoms with E-state index in [0.717, 1.165) is 43.3 Å². The molecule has 1 aromatic carbocycles. The largest absolute Gasteiger partial charge is 0.441 e. The van der Waals surface area contributed by atoms with Crippen LogP contribution in [0.2, 0.25) is 0 Å². The molecule has 0 radical (unpaired) electrons. The Bertz CT molecular complexity index is 926. The number of nitrogens with zero attached hydrogens (tertiary/aromatic N) is 2. The lowest BCUT2D eigenvalue weighted by Crippen LogP contribution is -2.50. The third kappa shape index (κ3) is 2.69. The zero-order chi connectivity index (χ0) is 19.3. The molecule has 1 N–H and O–H groups in total. The fourth-order valence-electron chi connectivity index (χ4n) is 5.21. The first-order chi connectivity index (χ1) is 13.6. The lowest BCUT2D eigenvalue weighted by atomic mass is 9.84. The number of carbonyl (C=O) groups is 2. The molecule has 1 spiro atoms. The van der Waals surface area contributed by atoms with Crippen LogP contribution in [-0.4, -0.2) is 58.6 Å². The van der Waals surface area contributed by atoms with Crippen molar-refractivity contribution in [3.05, 3.63) is 35.5 Å². The minimum atomic E-state index is -0.400. The predicted octanol–water partition coefficient (Wildman–Crippen LogP) is 3.42. The molecule has 1 aliphatic carbocycles. The number of nitrogens with one attached hydrogen (secondary N) is 1. The summed E-state index contributed by atoms with van der Waals surface area (Å²) in [5.74, 6) is 0.141. The third-order valence-electron chi connectivity index (χ3n) is 6.82. The fourth-order valence-corrected chi connectivity index (χ4v) is 5.21. The van der Waals surface area contributed by atoms with Crippen LogP contribution >= 0.6 is 0 Å². The molecule has 2 aromatic rings.